The molecule has 1 N–H and O–H groups in total. The Balaban J connectivity index is 1.38. The van der Waals surface area contributed by atoms with Crippen LogP contribution in [0.3, 0.4) is 0 Å². The standard InChI is InChI=1S/C19H27N5O3S2/c1-14-18(15(2)24(21-14)16-5-11-29(26,27)13-16)22-6-8-23(9-7-22)19(25)20-12-17-4-3-10-28-17/h3-4,10,16H,5-9,11-13H2,1-2H3,(H,20,25). The van der Waals surface area contributed by atoms with E-state index in [1.807, 2.05) is 40.9 Å². The molecule has 2 aliphatic rings. The number of nitrogens with zero attached hydrogens (tertiary/aromatic N) is 4. The fourth-order valence-corrected chi connectivity index (χ4v) is 6.59. The lowest BCUT2D eigenvalue weighted by molar-refractivity contribution is 0.194. The number of thiophene rings is 1. The predicted octanol–water partition coefficient (Wildman–Crippen LogP) is 1.95. The lowest BCUT2D eigenvalue weighted by Gasteiger charge is -2.36. The third-order valence-electron chi connectivity index (χ3n) is 5.72. The molecular formula is C19H27N5O3S2. The van der Waals surface area contributed by atoms with Crippen LogP contribution < -0.4 is 10.2 Å². The van der Waals surface area contributed by atoms with Crippen molar-refractivity contribution in [2.45, 2.75) is 32.9 Å². The van der Waals surface area contributed by atoms with E-state index in [-0.39, 0.29) is 23.6 Å². The quantitative estimate of drug-likeness (QED) is 0.790. The molecule has 0 spiro atoms. The Labute approximate surface area is 175 Å². The highest BCUT2D eigenvalue weighted by molar-refractivity contribution is 7.91. The van der Waals surface area contributed by atoms with Crippen molar-refractivity contribution in [2.75, 3.05) is 42.6 Å². The smallest absolute Gasteiger partial charge is 0.317 e. The zero-order valence-corrected chi connectivity index (χ0v) is 18.4. The molecule has 4 heterocycles. The first-order valence-electron chi connectivity index (χ1n) is 9.90. The minimum absolute atomic E-state index is 0.0293. The minimum Gasteiger partial charge on any atom is -0.365 e. The number of sulfone groups is 1. The number of nitrogens with one attached hydrogen (secondary N) is 1. The van der Waals surface area contributed by atoms with E-state index in [1.54, 1.807) is 11.3 Å². The van der Waals surface area contributed by atoms with Gasteiger partial charge in [0.05, 0.1) is 41.2 Å². The first kappa shape index (κ1) is 20.2. The highest BCUT2D eigenvalue weighted by Gasteiger charge is 2.33. The highest BCUT2D eigenvalue weighted by atomic mass is 32.2. The number of urea groups is 1. The number of rotatable bonds is 4. The Morgan fingerprint density at radius 2 is 2.03 bits per heavy atom. The fourth-order valence-electron chi connectivity index (χ4n) is 4.26. The molecular weight excluding hydrogens is 410 g/mol. The van der Waals surface area contributed by atoms with Crippen LogP contribution >= 0.6 is 11.3 Å². The van der Waals surface area contributed by atoms with Gasteiger partial charge in [-0.15, -0.1) is 11.3 Å². The molecule has 10 heteroatoms. The maximum Gasteiger partial charge on any atom is 0.317 e. The summed E-state index contributed by atoms with van der Waals surface area (Å²) >= 11 is 1.64. The number of amides is 2. The van der Waals surface area contributed by atoms with Gasteiger partial charge in [-0.1, -0.05) is 6.07 Å². The van der Waals surface area contributed by atoms with Crippen LogP contribution in [0.2, 0.25) is 0 Å². The van der Waals surface area contributed by atoms with Crippen LogP contribution in [0.15, 0.2) is 17.5 Å². The van der Waals surface area contributed by atoms with Crippen molar-refractivity contribution >= 4 is 32.9 Å². The van der Waals surface area contributed by atoms with Crippen molar-refractivity contribution in [1.29, 1.82) is 0 Å². The summed E-state index contributed by atoms with van der Waals surface area (Å²) in [5.74, 6) is 0.414. The van der Waals surface area contributed by atoms with Gasteiger partial charge >= 0.3 is 6.03 Å². The molecule has 2 amide bonds. The largest absolute Gasteiger partial charge is 0.365 e. The molecule has 1 atom stereocenters. The summed E-state index contributed by atoms with van der Waals surface area (Å²) in [5.41, 5.74) is 3.01. The Hall–Kier alpha value is -2.07. The molecule has 0 saturated carbocycles. The van der Waals surface area contributed by atoms with Crippen LogP contribution in [0.4, 0.5) is 10.5 Å². The summed E-state index contributed by atoms with van der Waals surface area (Å²) in [7, 11) is -2.95. The first-order valence-corrected chi connectivity index (χ1v) is 12.6. The Kier molecular flexibility index (Phi) is 5.56. The molecule has 158 valence electrons. The summed E-state index contributed by atoms with van der Waals surface area (Å²) in [5, 5.41) is 9.66. The molecule has 2 aliphatic heterocycles. The van der Waals surface area contributed by atoms with Crippen molar-refractivity contribution in [3.05, 3.63) is 33.8 Å². The molecule has 0 radical (unpaired) electrons. The van der Waals surface area contributed by atoms with Crippen LogP contribution in [-0.2, 0) is 16.4 Å². The zero-order valence-electron chi connectivity index (χ0n) is 16.8. The maximum absolute atomic E-state index is 12.4. The lowest BCUT2D eigenvalue weighted by atomic mass is 10.2. The van der Waals surface area contributed by atoms with Crippen molar-refractivity contribution in [3.8, 4) is 0 Å². The fraction of sp³-hybridized carbons (Fsp3) is 0.579. The van der Waals surface area contributed by atoms with Crippen molar-refractivity contribution in [3.63, 3.8) is 0 Å². The van der Waals surface area contributed by atoms with E-state index in [1.165, 1.54) is 0 Å². The molecule has 2 saturated heterocycles. The number of carbonyl (C=O) groups excluding carboxylic acids is 1. The van der Waals surface area contributed by atoms with Crippen LogP contribution in [-0.4, -0.2) is 66.8 Å². The molecule has 2 aromatic rings. The van der Waals surface area contributed by atoms with Gasteiger partial charge < -0.3 is 15.1 Å². The second-order valence-electron chi connectivity index (χ2n) is 7.73. The van der Waals surface area contributed by atoms with Crippen molar-refractivity contribution in [2.24, 2.45) is 0 Å². The van der Waals surface area contributed by atoms with Crippen LogP contribution in [0.1, 0.15) is 28.7 Å². The number of carbonyl (C=O) groups is 1. The normalized spacial score (nSPS) is 21.5. The average molecular weight is 438 g/mol. The molecule has 8 nitrogen and oxygen atoms in total. The van der Waals surface area contributed by atoms with E-state index in [9.17, 15) is 13.2 Å². The molecule has 4 rings (SSSR count). The SMILES string of the molecule is Cc1nn(C2CCS(=O)(=O)C2)c(C)c1N1CCN(C(=O)NCc2cccs2)CC1. The van der Waals surface area contributed by atoms with E-state index >= 15 is 0 Å². The van der Waals surface area contributed by atoms with Crippen LogP contribution in [0.25, 0.3) is 0 Å². The van der Waals surface area contributed by atoms with Crippen molar-refractivity contribution < 1.29 is 13.2 Å². The van der Waals surface area contributed by atoms with Gasteiger partial charge in [0.25, 0.3) is 0 Å². The Morgan fingerprint density at radius 3 is 2.66 bits per heavy atom. The number of hydrogen-bond donors (Lipinski definition) is 1. The summed E-state index contributed by atoms with van der Waals surface area (Å²) in [6.45, 7) is 7.33. The summed E-state index contributed by atoms with van der Waals surface area (Å²) in [6.07, 6.45) is 0.627. The molecule has 1 unspecified atom stereocenters. The van der Waals surface area contributed by atoms with Gasteiger partial charge in [0.15, 0.2) is 9.84 Å². The van der Waals surface area contributed by atoms with E-state index in [4.69, 9.17) is 0 Å². The monoisotopic (exact) mass is 437 g/mol. The summed E-state index contributed by atoms with van der Waals surface area (Å²) < 4.78 is 25.6. The summed E-state index contributed by atoms with van der Waals surface area (Å²) in [6, 6.07) is 3.90. The molecule has 29 heavy (non-hydrogen) atoms. The van der Waals surface area contributed by atoms with Gasteiger partial charge in [-0.2, -0.15) is 5.10 Å². The Morgan fingerprint density at radius 1 is 1.28 bits per heavy atom. The number of hydrogen-bond acceptors (Lipinski definition) is 6. The second-order valence-corrected chi connectivity index (χ2v) is 11.0. The number of aromatic nitrogens is 2. The van der Waals surface area contributed by atoms with Crippen LogP contribution in [0, 0.1) is 13.8 Å². The molecule has 0 aliphatic carbocycles. The topological polar surface area (TPSA) is 87.5 Å². The van der Waals surface area contributed by atoms with E-state index in [2.05, 4.69) is 15.3 Å². The zero-order chi connectivity index (χ0) is 20.6. The second kappa shape index (κ2) is 7.98. The van der Waals surface area contributed by atoms with Gasteiger partial charge in [0, 0.05) is 31.1 Å². The minimum atomic E-state index is -2.95. The van der Waals surface area contributed by atoms with Gasteiger partial charge in [-0.3, -0.25) is 4.68 Å². The predicted molar refractivity (Wildman–Crippen MR) is 114 cm³/mol. The van der Waals surface area contributed by atoms with Gasteiger partial charge in [-0.05, 0) is 31.7 Å². The van der Waals surface area contributed by atoms with Gasteiger partial charge in [0.2, 0.25) is 0 Å². The van der Waals surface area contributed by atoms with E-state index < -0.39 is 9.84 Å². The number of aryl methyl sites for hydroxylation is 1. The van der Waals surface area contributed by atoms with E-state index in [0.29, 0.717) is 26.1 Å². The lowest BCUT2D eigenvalue weighted by Crippen LogP contribution is -2.51. The maximum atomic E-state index is 12.4. The van der Waals surface area contributed by atoms with Gasteiger partial charge in [-0.25, -0.2) is 13.2 Å². The molecule has 0 bridgehead atoms. The van der Waals surface area contributed by atoms with Crippen LogP contribution in [0.5, 0.6) is 0 Å². The highest BCUT2D eigenvalue weighted by Crippen LogP contribution is 2.31. The number of anilines is 1. The third kappa shape index (κ3) is 4.28. The molecule has 2 fully saturated rings. The molecule has 2 aromatic heterocycles. The third-order valence-corrected chi connectivity index (χ3v) is 8.34. The Bertz CT molecular complexity index is 976. The van der Waals surface area contributed by atoms with Crippen molar-refractivity contribution in [1.82, 2.24) is 20.0 Å². The summed E-state index contributed by atoms with van der Waals surface area (Å²) in [4.78, 5) is 17.7. The molecule has 0 aromatic carbocycles. The average Bonchev–Trinajstić information content (AvgIpc) is 3.40. The van der Waals surface area contributed by atoms with Gasteiger partial charge in [0.1, 0.15) is 0 Å². The number of piperazine rings is 1. The first-order chi connectivity index (χ1) is 13.8. The van der Waals surface area contributed by atoms with E-state index in [0.717, 1.165) is 35.0 Å².